The molecule has 209 valence electrons. The van der Waals surface area contributed by atoms with E-state index in [1.165, 1.54) is 10.7 Å². The Morgan fingerprint density at radius 3 is 2.55 bits per heavy atom. The summed E-state index contributed by atoms with van der Waals surface area (Å²) < 4.78 is 34.4. The Morgan fingerprint density at radius 2 is 1.93 bits per heavy atom. The molecule has 7 nitrogen and oxygen atoms in total. The topological polar surface area (TPSA) is 74.9 Å². The number of nitrogens with one attached hydrogen (secondary N) is 1. The van der Waals surface area contributed by atoms with Gasteiger partial charge in [0.05, 0.1) is 0 Å². The molecule has 1 aliphatic heterocycles. The molecule has 0 atom stereocenters. The van der Waals surface area contributed by atoms with Gasteiger partial charge in [-0.2, -0.15) is 6.92 Å². The van der Waals surface area contributed by atoms with E-state index in [9.17, 15) is 13.6 Å². The number of aliphatic imine (C=N–C) groups is 1. The molecule has 0 aliphatic carbocycles. The van der Waals surface area contributed by atoms with Gasteiger partial charge in [-0.15, -0.1) is 0 Å². The average molecular weight is 774 g/mol. The van der Waals surface area contributed by atoms with Crippen molar-refractivity contribution in [2.24, 2.45) is 10.1 Å². The van der Waals surface area contributed by atoms with Gasteiger partial charge in [-0.25, -0.2) is 0 Å². The van der Waals surface area contributed by atoms with Gasteiger partial charge in [0.2, 0.25) is 0 Å². The first-order valence-electron chi connectivity index (χ1n) is 11.6. The summed E-state index contributed by atoms with van der Waals surface area (Å²) in [7, 11) is 0. The van der Waals surface area contributed by atoms with Crippen LogP contribution in [0.3, 0.4) is 0 Å². The van der Waals surface area contributed by atoms with E-state index in [0.717, 1.165) is 10.0 Å². The third kappa shape index (κ3) is 8.08. The van der Waals surface area contributed by atoms with Crippen molar-refractivity contribution in [3.05, 3.63) is 98.1 Å². The number of carbonyl (C=O) groups excluding carboxylic acids is 1. The van der Waals surface area contributed by atoms with Crippen LogP contribution in [0.25, 0.3) is 0 Å². The van der Waals surface area contributed by atoms with Gasteiger partial charge >= 0.3 is 233 Å². The van der Waals surface area contributed by atoms with E-state index in [1.807, 2.05) is 30.6 Å². The molecule has 0 saturated heterocycles. The number of hydrogen-bond acceptors (Lipinski definition) is 6. The number of benzene rings is 2. The second-order valence-corrected chi connectivity index (χ2v) is 12.0. The quantitative estimate of drug-likeness (QED) is 0.200. The molecule has 1 aliphatic rings. The molecule has 2 heterocycles. The van der Waals surface area contributed by atoms with Crippen molar-refractivity contribution in [3.63, 3.8) is 0 Å². The van der Waals surface area contributed by atoms with Gasteiger partial charge in [-0.1, -0.05) is 15.9 Å². The van der Waals surface area contributed by atoms with Crippen molar-refractivity contribution >= 4 is 76.1 Å². The van der Waals surface area contributed by atoms with E-state index < -0.39 is 31.8 Å². The van der Waals surface area contributed by atoms with Gasteiger partial charge < -0.3 is 6.92 Å². The van der Waals surface area contributed by atoms with Crippen molar-refractivity contribution in [1.29, 1.82) is 0 Å². The van der Waals surface area contributed by atoms with Crippen LogP contribution < -0.4 is 5.32 Å². The second-order valence-electron chi connectivity index (χ2n) is 7.88. The van der Waals surface area contributed by atoms with Crippen molar-refractivity contribution < 1.29 is 32.4 Å². The number of amidine groups is 1. The summed E-state index contributed by atoms with van der Waals surface area (Å²) in [6, 6.07) is 12.4. The molecular formula is C27H23Br2ClF2N6NbO-2. The molecule has 0 saturated carbocycles. The Morgan fingerprint density at radius 1 is 1.23 bits per heavy atom. The molecule has 0 fully saturated rings. The molecule has 1 N–H and O–H groups in total. The molecule has 40 heavy (non-hydrogen) atoms. The first kappa shape index (κ1) is 32.1. The fourth-order valence-electron chi connectivity index (χ4n) is 3.52. The molecule has 0 radical (unpaired) electrons. The van der Waals surface area contributed by atoms with Gasteiger partial charge in [0.1, 0.15) is 0 Å². The molecule has 0 bridgehead atoms. The Bertz CT molecular complexity index is 1520. The van der Waals surface area contributed by atoms with E-state index in [1.54, 1.807) is 30.3 Å². The molecule has 3 aromatic rings. The first-order valence-corrected chi connectivity index (χ1v) is 16.2. The number of alkyl halides is 2. The fraction of sp³-hybridized carbons (Fsp3) is 0.148. The average Bonchev–Trinajstić information content (AvgIpc) is 3.31. The minimum absolute atomic E-state index is 0.180. The SMILES string of the molecule is [CH2-]C.[CH2]=[Nb]=[C](Nc1c(Br)cc(Cl)cc1[C-]=O)c1cc(CN2N=C(c3ccc(Br)cc3)N=CC2=C)nn1CC(F)F. The normalized spacial score (nSPS) is 12.4. The standard InChI is InChI=1S/C24H16Br2ClF2N6O.C2H5.CH2.Nb/c1-14-9-31-24(15-2-4-17(25)5-3-15)33-34(14)11-19-8-20(35(32-19)12-22(28)29)10-30-23-16(13-36)6-18(27)7-21(23)26;1-2;;/h2-9,22,30H,1,11-12H2;1H2,2H3;1H2;/q2*-1;;. The number of nitrogens with zero attached hydrogens (tertiary/aromatic N) is 5. The molecule has 1 aromatic heterocycles. The molecular weight excluding hydrogens is 751 g/mol. The Hall–Kier alpha value is -2.41. The van der Waals surface area contributed by atoms with E-state index in [0.29, 0.717) is 42.0 Å². The Kier molecular flexibility index (Phi) is 12.0. The van der Waals surface area contributed by atoms with Crippen molar-refractivity contribution in [2.75, 3.05) is 5.32 Å². The summed E-state index contributed by atoms with van der Waals surface area (Å²) in [5.74, 6) is 0.488. The van der Waals surface area contributed by atoms with Crippen molar-refractivity contribution in [1.82, 2.24) is 14.8 Å². The molecule has 0 spiro atoms. The maximum absolute atomic E-state index is 13.5. The zero-order chi connectivity index (χ0) is 29.4. The predicted octanol–water partition coefficient (Wildman–Crippen LogP) is 6.49. The van der Waals surface area contributed by atoms with Gasteiger partial charge in [0.25, 0.3) is 0 Å². The van der Waals surface area contributed by atoms with E-state index >= 15 is 0 Å². The molecule has 0 unspecified atom stereocenters. The van der Waals surface area contributed by atoms with Crippen molar-refractivity contribution in [3.8, 4) is 0 Å². The van der Waals surface area contributed by atoms with E-state index in [4.69, 9.17) is 11.6 Å². The Labute approximate surface area is 261 Å². The van der Waals surface area contributed by atoms with E-state index in [2.05, 4.69) is 70.6 Å². The number of rotatable bonds is 9. The van der Waals surface area contributed by atoms with Crippen LogP contribution in [-0.4, -0.2) is 48.1 Å². The number of halogens is 5. The summed E-state index contributed by atoms with van der Waals surface area (Å²) in [6.07, 6.45) is 0.825. The molecule has 4 rings (SSSR count). The summed E-state index contributed by atoms with van der Waals surface area (Å²) in [6.45, 7) is 8.56. The number of hydrogen-bond donors (Lipinski definition) is 1. The minimum atomic E-state index is -2.63. The van der Waals surface area contributed by atoms with Gasteiger partial charge in [0.15, 0.2) is 0 Å². The first-order chi connectivity index (χ1) is 19.2. The van der Waals surface area contributed by atoms with Gasteiger partial charge in [0, 0.05) is 0 Å². The third-order valence-corrected chi connectivity index (χ3v) is 8.24. The number of anilines is 1. The van der Waals surface area contributed by atoms with Gasteiger partial charge in [-0.05, 0) is 0 Å². The molecule has 2 aromatic carbocycles. The summed E-state index contributed by atoms with van der Waals surface area (Å²) in [5.41, 5.74) is 2.92. The molecule has 0 amide bonds. The predicted molar refractivity (Wildman–Crippen MR) is 162 cm³/mol. The van der Waals surface area contributed by atoms with Crippen LogP contribution in [0.1, 0.15) is 29.4 Å². The third-order valence-electron chi connectivity index (χ3n) is 5.25. The van der Waals surface area contributed by atoms with Crippen molar-refractivity contribution in [2.45, 2.75) is 26.4 Å². The molecule has 13 heteroatoms. The number of allylic oxidation sites excluding steroid dienone is 1. The zero-order valence-electron chi connectivity index (χ0n) is 21.2. The summed E-state index contributed by atoms with van der Waals surface area (Å²) in [4.78, 5) is 15.9. The fourth-order valence-corrected chi connectivity index (χ4v) is 6.00. The number of hydrazone groups is 1. The van der Waals surface area contributed by atoms with E-state index in [-0.39, 0.29) is 12.1 Å². The summed E-state index contributed by atoms with van der Waals surface area (Å²) >= 11 is 11.5. The number of aromatic nitrogens is 2. The monoisotopic (exact) mass is 771 g/mol. The van der Waals surface area contributed by atoms with Crippen LogP contribution in [0, 0.1) is 6.92 Å². The van der Waals surface area contributed by atoms with Crippen LogP contribution in [0.15, 0.2) is 73.8 Å². The van der Waals surface area contributed by atoms with Crippen LogP contribution in [0.5, 0.6) is 0 Å². The Balaban J connectivity index is 0.00000216. The second kappa shape index (κ2) is 15.0. The van der Waals surface area contributed by atoms with Crippen LogP contribution >= 0.6 is 43.5 Å². The van der Waals surface area contributed by atoms with Gasteiger partial charge in [-0.3, -0.25) is 0 Å². The van der Waals surface area contributed by atoms with Crippen LogP contribution in [0.2, 0.25) is 5.02 Å². The van der Waals surface area contributed by atoms with Crippen LogP contribution in [-0.2, 0) is 36.7 Å². The van der Waals surface area contributed by atoms with Crippen LogP contribution in [0.4, 0.5) is 14.5 Å². The zero-order valence-corrected chi connectivity index (χ0v) is 27.3. The maximum atomic E-state index is 13.5. The summed E-state index contributed by atoms with van der Waals surface area (Å²) in [5, 5.41) is 14.2.